The van der Waals surface area contributed by atoms with Gasteiger partial charge in [-0.3, -0.25) is 9.59 Å². The Morgan fingerprint density at radius 3 is 1.62 bits per heavy atom. The van der Waals surface area contributed by atoms with Crippen LogP contribution in [0.1, 0.15) is 38.5 Å². The molecule has 0 aromatic carbocycles. The molecule has 2 heterocycles. The lowest BCUT2D eigenvalue weighted by Crippen LogP contribution is -2.47. The van der Waals surface area contributed by atoms with Crippen LogP contribution in [0.4, 0.5) is 0 Å². The largest absolute Gasteiger partial charge is 0.396 e. The topological polar surface area (TPSA) is 60.9 Å². The Labute approximate surface area is 126 Å². The van der Waals surface area contributed by atoms with Crippen LogP contribution in [0.15, 0.2) is 0 Å². The van der Waals surface area contributed by atoms with Crippen molar-refractivity contribution in [3.05, 3.63) is 0 Å². The van der Waals surface area contributed by atoms with Gasteiger partial charge in [0.25, 0.3) is 0 Å². The summed E-state index contributed by atoms with van der Waals surface area (Å²) in [4.78, 5) is 28.5. The molecule has 118 valence electrons. The van der Waals surface area contributed by atoms with Crippen molar-refractivity contribution >= 4 is 11.8 Å². The van der Waals surface area contributed by atoms with Gasteiger partial charge in [-0.05, 0) is 44.4 Å². The van der Waals surface area contributed by atoms with Gasteiger partial charge < -0.3 is 14.9 Å². The number of aliphatic hydroxyl groups excluding tert-OH is 1. The van der Waals surface area contributed by atoms with E-state index in [1.165, 1.54) is 0 Å². The average molecular weight is 294 g/mol. The van der Waals surface area contributed by atoms with E-state index in [0.717, 1.165) is 64.7 Å². The predicted octanol–water partition coefficient (Wildman–Crippen LogP) is 0.866. The van der Waals surface area contributed by atoms with E-state index in [-0.39, 0.29) is 24.3 Å². The smallest absolute Gasteiger partial charge is 0.225 e. The summed E-state index contributed by atoms with van der Waals surface area (Å²) in [5, 5.41) is 9.15. The SMILES string of the molecule is O=C(C1CCN(C(=O)C2CC2)CC1)N1CCC(CO)CC1. The molecule has 2 saturated heterocycles. The number of hydrogen-bond donors (Lipinski definition) is 1. The van der Waals surface area contributed by atoms with E-state index in [1.807, 2.05) is 9.80 Å². The molecule has 0 atom stereocenters. The van der Waals surface area contributed by atoms with E-state index >= 15 is 0 Å². The van der Waals surface area contributed by atoms with Gasteiger partial charge in [-0.1, -0.05) is 0 Å². The molecule has 21 heavy (non-hydrogen) atoms. The van der Waals surface area contributed by atoms with Crippen molar-refractivity contribution in [2.75, 3.05) is 32.8 Å². The Morgan fingerprint density at radius 1 is 0.762 bits per heavy atom. The molecule has 3 rings (SSSR count). The van der Waals surface area contributed by atoms with Crippen molar-refractivity contribution in [2.45, 2.75) is 38.5 Å². The molecule has 1 aliphatic carbocycles. The van der Waals surface area contributed by atoms with Crippen molar-refractivity contribution in [3.8, 4) is 0 Å². The number of carbonyl (C=O) groups is 2. The summed E-state index contributed by atoms with van der Waals surface area (Å²) in [5.41, 5.74) is 0. The van der Waals surface area contributed by atoms with E-state index in [9.17, 15) is 9.59 Å². The molecular weight excluding hydrogens is 268 g/mol. The number of aliphatic hydroxyl groups is 1. The molecular formula is C16H26N2O3. The minimum absolute atomic E-state index is 0.0962. The first-order valence-electron chi connectivity index (χ1n) is 8.37. The van der Waals surface area contributed by atoms with Gasteiger partial charge in [0.2, 0.25) is 11.8 Å². The lowest BCUT2D eigenvalue weighted by Gasteiger charge is -2.37. The Hall–Kier alpha value is -1.10. The second kappa shape index (κ2) is 6.34. The van der Waals surface area contributed by atoms with Gasteiger partial charge in [0, 0.05) is 44.6 Å². The van der Waals surface area contributed by atoms with Gasteiger partial charge >= 0.3 is 0 Å². The van der Waals surface area contributed by atoms with Crippen LogP contribution in [0, 0.1) is 17.8 Å². The minimum Gasteiger partial charge on any atom is -0.396 e. The van der Waals surface area contributed by atoms with Crippen LogP contribution in [-0.2, 0) is 9.59 Å². The van der Waals surface area contributed by atoms with Crippen LogP contribution < -0.4 is 0 Å². The third-order valence-electron chi connectivity index (χ3n) is 5.27. The maximum absolute atomic E-state index is 12.5. The first kappa shape index (κ1) is 14.8. The number of hydrogen-bond acceptors (Lipinski definition) is 3. The highest BCUT2D eigenvalue weighted by Crippen LogP contribution is 2.33. The van der Waals surface area contributed by atoms with Crippen LogP contribution in [0.3, 0.4) is 0 Å². The number of likely N-dealkylation sites (tertiary alicyclic amines) is 2. The Bertz CT molecular complexity index is 392. The lowest BCUT2D eigenvalue weighted by atomic mass is 9.92. The molecule has 2 aliphatic heterocycles. The quantitative estimate of drug-likeness (QED) is 0.840. The minimum atomic E-state index is 0.0962. The molecule has 0 radical (unpaired) electrons. The fourth-order valence-electron chi connectivity index (χ4n) is 3.53. The average Bonchev–Trinajstić information content (AvgIpc) is 3.39. The lowest BCUT2D eigenvalue weighted by molar-refractivity contribution is -0.142. The maximum Gasteiger partial charge on any atom is 0.225 e. The van der Waals surface area contributed by atoms with Gasteiger partial charge in [0.1, 0.15) is 0 Å². The van der Waals surface area contributed by atoms with Gasteiger partial charge in [0.05, 0.1) is 0 Å². The first-order valence-corrected chi connectivity index (χ1v) is 8.37. The third kappa shape index (κ3) is 3.39. The van der Waals surface area contributed by atoms with Crippen molar-refractivity contribution in [1.29, 1.82) is 0 Å². The second-order valence-corrected chi connectivity index (χ2v) is 6.83. The monoisotopic (exact) mass is 294 g/mol. The van der Waals surface area contributed by atoms with E-state index in [1.54, 1.807) is 0 Å². The number of nitrogens with zero attached hydrogens (tertiary/aromatic N) is 2. The normalized spacial score (nSPS) is 25.2. The first-order chi connectivity index (χ1) is 10.2. The summed E-state index contributed by atoms with van der Waals surface area (Å²) in [6.07, 6.45) is 5.58. The highest BCUT2D eigenvalue weighted by molar-refractivity contribution is 5.82. The van der Waals surface area contributed by atoms with Crippen LogP contribution in [0.25, 0.3) is 0 Å². The molecule has 0 bridgehead atoms. The highest BCUT2D eigenvalue weighted by Gasteiger charge is 2.37. The summed E-state index contributed by atoms with van der Waals surface area (Å²) >= 11 is 0. The molecule has 3 aliphatic rings. The number of piperidine rings is 2. The van der Waals surface area contributed by atoms with Crippen molar-refractivity contribution in [2.24, 2.45) is 17.8 Å². The van der Waals surface area contributed by atoms with E-state index in [4.69, 9.17) is 5.11 Å². The third-order valence-corrected chi connectivity index (χ3v) is 5.27. The summed E-state index contributed by atoms with van der Waals surface area (Å²) in [5.74, 6) is 1.33. The molecule has 1 N–H and O–H groups in total. The standard InChI is InChI=1S/C16H26N2O3/c19-11-12-3-7-17(8-4-12)16(21)14-5-9-18(10-6-14)15(20)13-1-2-13/h12-14,19H,1-11H2. The molecule has 0 aromatic rings. The second-order valence-electron chi connectivity index (χ2n) is 6.83. The van der Waals surface area contributed by atoms with Crippen molar-refractivity contribution in [3.63, 3.8) is 0 Å². The van der Waals surface area contributed by atoms with Crippen molar-refractivity contribution in [1.82, 2.24) is 9.80 Å². The zero-order valence-electron chi connectivity index (χ0n) is 12.7. The Kier molecular flexibility index (Phi) is 4.48. The zero-order chi connectivity index (χ0) is 14.8. The fraction of sp³-hybridized carbons (Fsp3) is 0.875. The number of rotatable bonds is 3. The van der Waals surface area contributed by atoms with Crippen molar-refractivity contribution < 1.29 is 14.7 Å². The van der Waals surface area contributed by atoms with Crippen LogP contribution >= 0.6 is 0 Å². The predicted molar refractivity (Wildman–Crippen MR) is 78.4 cm³/mol. The van der Waals surface area contributed by atoms with Gasteiger partial charge in [-0.25, -0.2) is 0 Å². The maximum atomic E-state index is 12.5. The molecule has 0 aromatic heterocycles. The van der Waals surface area contributed by atoms with Crippen LogP contribution in [0.2, 0.25) is 0 Å². The summed E-state index contributed by atoms with van der Waals surface area (Å²) < 4.78 is 0. The van der Waals surface area contributed by atoms with Crippen LogP contribution in [-0.4, -0.2) is 59.5 Å². The Balaban J connectivity index is 1.45. The molecule has 1 saturated carbocycles. The summed E-state index contributed by atoms with van der Waals surface area (Å²) in [7, 11) is 0. The highest BCUT2D eigenvalue weighted by atomic mass is 16.3. The van der Waals surface area contributed by atoms with Crippen LogP contribution in [0.5, 0.6) is 0 Å². The summed E-state index contributed by atoms with van der Waals surface area (Å²) in [6, 6.07) is 0. The van der Waals surface area contributed by atoms with E-state index < -0.39 is 0 Å². The molecule has 5 nitrogen and oxygen atoms in total. The molecule has 2 amide bonds. The van der Waals surface area contributed by atoms with Gasteiger partial charge in [-0.15, -0.1) is 0 Å². The van der Waals surface area contributed by atoms with Gasteiger partial charge in [-0.2, -0.15) is 0 Å². The fourth-order valence-corrected chi connectivity index (χ4v) is 3.53. The van der Waals surface area contributed by atoms with E-state index in [0.29, 0.717) is 11.8 Å². The molecule has 0 spiro atoms. The van der Waals surface area contributed by atoms with Gasteiger partial charge in [0.15, 0.2) is 0 Å². The number of carbonyl (C=O) groups excluding carboxylic acids is 2. The molecule has 0 unspecified atom stereocenters. The summed E-state index contributed by atoms with van der Waals surface area (Å²) in [6.45, 7) is 3.30. The molecule has 5 heteroatoms. The molecule has 3 fully saturated rings. The zero-order valence-corrected chi connectivity index (χ0v) is 12.7. The Morgan fingerprint density at radius 2 is 1.19 bits per heavy atom. The van der Waals surface area contributed by atoms with E-state index in [2.05, 4.69) is 0 Å². The number of amides is 2.